The van der Waals surface area contributed by atoms with Crippen molar-refractivity contribution in [3.63, 3.8) is 0 Å². The molecule has 0 aliphatic rings. The van der Waals surface area contributed by atoms with Crippen molar-refractivity contribution in [2.24, 2.45) is 0 Å². The molecule has 46 valence electrons. The van der Waals surface area contributed by atoms with Crippen LogP contribution in [0.15, 0.2) is 0 Å². The first kappa shape index (κ1) is 16.9. The molecule has 0 amide bonds. The second-order valence-corrected chi connectivity index (χ2v) is 2.86. The van der Waals surface area contributed by atoms with Gasteiger partial charge in [0, 0.05) is 0 Å². The summed E-state index contributed by atoms with van der Waals surface area (Å²) >= 11 is 2.89. The first-order valence-corrected chi connectivity index (χ1v) is 12.5. The molecule has 0 rings (SSSR count). The van der Waals surface area contributed by atoms with Gasteiger partial charge in [-0.05, 0) is 0 Å². The van der Waals surface area contributed by atoms with Gasteiger partial charge < -0.3 is 0 Å². The van der Waals surface area contributed by atoms with Crippen molar-refractivity contribution in [3.8, 4) is 0 Å². The molecule has 4 nitrogen and oxygen atoms in total. The van der Waals surface area contributed by atoms with E-state index in [9.17, 15) is 0 Å². The van der Waals surface area contributed by atoms with E-state index in [0.29, 0.717) is 0 Å². The van der Waals surface area contributed by atoms with Crippen molar-refractivity contribution in [2.75, 3.05) is 0 Å². The Balaban J connectivity index is -0.000000109. The number of rotatable bonds is 0. The van der Waals surface area contributed by atoms with Crippen LogP contribution in [0.5, 0.6) is 0 Å². The van der Waals surface area contributed by atoms with Gasteiger partial charge in [-0.15, -0.1) is 0 Å². The fraction of sp³-hybridized carbons (Fsp3) is 1.00. The standard InChI is InChI=1S/CH4.2Na.O4S2/c;;;1-5(2)6(3)4/h1H4;;;. The summed E-state index contributed by atoms with van der Waals surface area (Å²) in [5.74, 6) is 0. The van der Waals surface area contributed by atoms with Gasteiger partial charge in [-0.25, -0.2) is 0 Å². The molecule has 0 aromatic carbocycles. The Bertz CT molecular complexity index is 202. The monoisotopic (exact) mass is 190 g/mol. The molecule has 0 aliphatic heterocycles. The van der Waals surface area contributed by atoms with E-state index in [1.54, 1.807) is 0 Å². The minimum absolute atomic E-state index is 0. The summed E-state index contributed by atoms with van der Waals surface area (Å²) in [6, 6.07) is 0. The number of hydrogen-bond acceptors (Lipinski definition) is 4. The van der Waals surface area contributed by atoms with Crippen LogP contribution in [0.3, 0.4) is 0 Å². The SMILES string of the molecule is C.O=S(=O)=S(=O)=O.[Na][Na]. The fourth-order valence-electron chi connectivity index (χ4n) is 0. The van der Waals surface area contributed by atoms with E-state index < -0.39 is 18.5 Å². The molecule has 0 N–H and O–H groups in total. The molecule has 0 aromatic rings. The topological polar surface area (TPSA) is 68.3 Å². The third kappa shape index (κ3) is 17.7. The molecular formula is CH4Na2O4S2. The van der Waals surface area contributed by atoms with E-state index in [1.165, 1.54) is 43.6 Å². The summed E-state index contributed by atoms with van der Waals surface area (Å²) in [7, 11) is -5.90. The zero-order valence-electron chi connectivity index (χ0n) is 4.45. The van der Waals surface area contributed by atoms with Crippen LogP contribution in [0, 0.1) is 0 Å². The molecule has 0 atom stereocenters. The predicted octanol–water partition coefficient (Wildman–Crippen LogP) is -1.47. The van der Waals surface area contributed by atoms with E-state index in [0.717, 1.165) is 0 Å². The molecule has 0 saturated carbocycles. The maximum atomic E-state index is 9.09. The van der Waals surface area contributed by atoms with Crippen LogP contribution < -0.4 is 0 Å². The summed E-state index contributed by atoms with van der Waals surface area (Å²) in [6.45, 7) is 0. The van der Waals surface area contributed by atoms with Crippen molar-refractivity contribution in [2.45, 2.75) is 7.43 Å². The van der Waals surface area contributed by atoms with Crippen molar-refractivity contribution < 1.29 is 16.8 Å². The van der Waals surface area contributed by atoms with Gasteiger partial charge in [-0.1, -0.05) is 7.43 Å². The Morgan fingerprint density at radius 2 is 0.889 bits per heavy atom. The van der Waals surface area contributed by atoms with Gasteiger partial charge in [0.2, 0.25) is 0 Å². The van der Waals surface area contributed by atoms with Crippen molar-refractivity contribution in [3.05, 3.63) is 0 Å². The molecule has 0 fully saturated rings. The van der Waals surface area contributed by atoms with Crippen LogP contribution in [0.2, 0.25) is 0 Å². The Hall–Kier alpha value is 1.64. The van der Waals surface area contributed by atoms with E-state index in [-0.39, 0.29) is 7.43 Å². The molecule has 0 aromatic heterocycles. The molecule has 8 heteroatoms. The summed E-state index contributed by atoms with van der Waals surface area (Å²) in [6.07, 6.45) is 0. The average molecular weight is 190 g/mol. The van der Waals surface area contributed by atoms with Crippen LogP contribution in [-0.2, 0) is 18.5 Å². The van der Waals surface area contributed by atoms with Crippen molar-refractivity contribution in [1.29, 1.82) is 0 Å². The molecule has 9 heavy (non-hydrogen) atoms. The fourth-order valence-corrected chi connectivity index (χ4v) is 0. The minimum atomic E-state index is -2.95. The van der Waals surface area contributed by atoms with Gasteiger partial charge in [0.25, 0.3) is 0 Å². The van der Waals surface area contributed by atoms with E-state index in [4.69, 9.17) is 16.8 Å². The molecular weight excluding hydrogens is 186 g/mol. The van der Waals surface area contributed by atoms with Gasteiger partial charge in [0.15, 0.2) is 0 Å². The molecule has 0 unspecified atom stereocenters. The van der Waals surface area contributed by atoms with Gasteiger partial charge in [0.05, 0.1) is 0 Å². The number of hydrogen-bond donors (Lipinski definition) is 0. The quantitative estimate of drug-likeness (QED) is 0.437. The molecule has 0 saturated heterocycles. The van der Waals surface area contributed by atoms with Crippen molar-refractivity contribution in [1.82, 2.24) is 0 Å². The van der Waals surface area contributed by atoms with Gasteiger partial charge in [-0.3, -0.25) is 0 Å². The summed E-state index contributed by atoms with van der Waals surface area (Å²) < 4.78 is 36.3. The van der Waals surface area contributed by atoms with Gasteiger partial charge >= 0.3 is 62.1 Å². The maximum absolute atomic E-state index is 9.09. The van der Waals surface area contributed by atoms with Crippen LogP contribution in [0.4, 0.5) is 0 Å². The third-order valence-corrected chi connectivity index (χ3v) is 1.00. The molecule has 0 aliphatic carbocycles. The first-order valence-electron chi connectivity index (χ1n) is 1.83. The van der Waals surface area contributed by atoms with Gasteiger partial charge in [-0.2, -0.15) is 16.8 Å². The Morgan fingerprint density at radius 3 is 0.889 bits per heavy atom. The summed E-state index contributed by atoms with van der Waals surface area (Å²) in [5.41, 5.74) is 0. The van der Waals surface area contributed by atoms with E-state index in [2.05, 4.69) is 0 Å². The van der Waals surface area contributed by atoms with E-state index >= 15 is 0 Å². The predicted molar refractivity (Wildman–Crippen MR) is 36.1 cm³/mol. The van der Waals surface area contributed by atoms with Gasteiger partial charge in [0.1, 0.15) is 0 Å². The first-order chi connectivity index (χ1) is 3.64. The summed E-state index contributed by atoms with van der Waals surface area (Å²) in [5, 5.41) is 0. The Kier molecular flexibility index (Phi) is 23.2. The van der Waals surface area contributed by atoms with Crippen LogP contribution >= 0.6 is 0 Å². The van der Waals surface area contributed by atoms with Crippen LogP contribution in [0.1, 0.15) is 7.43 Å². The molecule has 0 heterocycles. The zero-order chi connectivity index (χ0) is 7.15. The Labute approximate surface area is 84.8 Å². The van der Waals surface area contributed by atoms with E-state index in [1.807, 2.05) is 0 Å². The summed E-state index contributed by atoms with van der Waals surface area (Å²) in [4.78, 5) is 0. The average Bonchev–Trinajstić information content (AvgIpc) is 1.72. The van der Waals surface area contributed by atoms with Crippen LogP contribution in [0.25, 0.3) is 0 Å². The molecule has 0 bridgehead atoms. The molecule has 0 radical (unpaired) electrons. The zero-order valence-corrected chi connectivity index (χ0v) is 10.1. The van der Waals surface area contributed by atoms with Crippen LogP contribution in [-0.4, -0.2) is 60.5 Å². The second-order valence-electron chi connectivity index (χ2n) is 0.408. The molecule has 0 spiro atoms. The third-order valence-electron chi connectivity index (χ3n) is 0.111. The normalized spacial score (nSPS) is 5.78. The van der Waals surface area contributed by atoms with Crippen molar-refractivity contribution >= 4 is 62.1 Å². The second kappa shape index (κ2) is 12.3. The Morgan fingerprint density at radius 1 is 0.778 bits per heavy atom.